The van der Waals surface area contributed by atoms with Crippen LogP contribution in [0.15, 0.2) is 60.1 Å². The summed E-state index contributed by atoms with van der Waals surface area (Å²) in [7, 11) is -2.53. The summed E-state index contributed by atoms with van der Waals surface area (Å²) in [5, 5.41) is 8.72. The Bertz CT molecular complexity index is 2550. The number of allylic oxidation sites excluding steroid dienone is 1. The normalized spacial score (nSPS) is 25.2. The molecule has 330 valence electrons. The molecule has 2 aromatic heterocycles. The zero-order valence-electron chi connectivity index (χ0n) is 34.2. The second kappa shape index (κ2) is 16.4. The second-order valence-electron chi connectivity index (χ2n) is 16.8. The van der Waals surface area contributed by atoms with Gasteiger partial charge < -0.3 is 25.0 Å². The standard InChI is InChI=1S/C43H46F4N6O7S2/c1-24-34(59-3)12-11-30-35(21-32(50-36(24)30)38-48-15-16-61-38)60-29-20-33-37(54)51-42(40(56)52-62(57,58)41(2)13-14-41)22-25(42)9-7-5-4-6-8-10-31(39(55)53(33)23-29)49-28-18-26(43(45,46)47)17-27(44)19-28/h7,9,11-12,15-19,21,25,29,31,33,49H,4-6,8,10,13-14,20,22-23H2,1-3H3,(H,51,54)(H,52,56)/t25-,29-,31+,33+,42-/m1/s1. The predicted octanol–water partition coefficient (Wildman–Crippen LogP) is 7.06. The van der Waals surface area contributed by atoms with E-state index in [0.29, 0.717) is 77.7 Å². The zero-order valence-corrected chi connectivity index (χ0v) is 35.8. The number of hydrogen-bond acceptors (Lipinski definition) is 11. The number of alkyl halides is 3. The van der Waals surface area contributed by atoms with Gasteiger partial charge in [-0.15, -0.1) is 11.3 Å². The number of sulfonamides is 1. The number of methoxy groups -OCH3 is 1. The Kier molecular flexibility index (Phi) is 11.5. The molecular formula is C43H46F4N6O7S2. The molecule has 2 aromatic carbocycles. The molecular weight excluding hydrogens is 853 g/mol. The van der Waals surface area contributed by atoms with Crippen LogP contribution in [0.4, 0.5) is 23.2 Å². The Balaban J connectivity index is 1.16. The van der Waals surface area contributed by atoms with Gasteiger partial charge in [-0.3, -0.25) is 19.1 Å². The van der Waals surface area contributed by atoms with Crippen molar-refractivity contribution in [3.05, 3.63) is 77.1 Å². The molecule has 0 bridgehead atoms. The van der Waals surface area contributed by atoms with Crippen molar-refractivity contribution in [3.63, 3.8) is 0 Å². The molecule has 2 aliphatic carbocycles. The SMILES string of the molecule is COc1ccc2c(O[C@@H]3C[C@H]4C(=O)N[C@]5(C(=O)NS(=O)(=O)C6(C)CC6)C[C@H]5C=CCCCCC[C@H](Nc5cc(F)cc(C(F)(F)F)c5)C(=O)N4C3)cc(-c3nccs3)nc2c1C. The average molecular weight is 899 g/mol. The monoisotopic (exact) mass is 898 g/mol. The minimum Gasteiger partial charge on any atom is -0.496 e. The fourth-order valence-corrected chi connectivity index (χ4v) is 10.2. The molecule has 13 nitrogen and oxygen atoms in total. The molecule has 4 aromatic rings. The number of aryl methyl sites for hydroxylation is 1. The number of carbonyl (C=O) groups is 3. The summed E-state index contributed by atoms with van der Waals surface area (Å²) in [5.74, 6) is -2.99. The third-order valence-electron chi connectivity index (χ3n) is 12.4. The summed E-state index contributed by atoms with van der Waals surface area (Å²) < 4.78 is 95.8. The van der Waals surface area contributed by atoms with Gasteiger partial charge >= 0.3 is 6.18 Å². The van der Waals surface area contributed by atoms with Gasteiger partial charge in [0.2, 0.25) is 21.8 Å². The first-order valence-electron chi connectivity index (χ1n) is 20.5. The molecule has 0 radical (unpaired) electrons. The number of anilines is 1. The molecule has 3 fully saturated rings. The van der Waals surface area contributed by atoms with E-state index in [-0.39, 0.29) is 31.5 Å². The van der Waals surface area contributed by atoms with E-state index in [4.69, 9.17) is 14.5 Å². The van der Waals surface area contributed by atoms with Crippen LogP contribution < -0.4 is 24.8 Å². The van der Waals surface area contributed by atoms with Gasteiger partial charge in [0.1, 0.15) is 51.7 Å². The molecule has 8 rings (SSSR count). The van der Waals surface area contributed by atoms with E-state index in [0.717, 1.165) is 17.7 Å². The van der Waals surface area contributed by atoms with Crippen LogP contribution in [0, 0.1) is 18.7 Å². The van der Waals surface area contributed by atoms with Crippen molar-refractivity contribution < 1.29 is 49.8 Å². The van der Waals surface area contributed by atoms with Crippen LogP contribution in [0.5, 0.6) is 11.5 Å². The molecule has 0 spiro atoms. The lowest BCUT2D eigenvalue weighted by Crippen LogP contribution is -2.58. The van der Waals surface area contributed by atoms with Gasteiger partial charge in [0.15, 0.2) is 0 Å². The van der Waals surface area contributed by atoms with E-state index in [9.17, 15) is 40.4 Å². The quantitative estimate of drug-likeness (QED) is 0.117. The molecule has 5 atom stereocenters. The Morgan fingerprint density at radius 1 is 1.08 bits per heavy atom. The van der Waals surface area contributed by atoms with Crippen molar-refractivity contribution in [3.8, 4) is 22.2 Å². The average Bonchev–Trinajstić information content (AvgIpc) is 3.97. The highest BCUT2D eigenvalue weighted by atomic mass is 32.2. The fraction of sp³-hybridized carbons (Fsp3) is 0.465. The van der Waals surface area contributed by atoms with Gasteiger partial charge in [0.05, 0.1) is 29.5 Å². The van der Waals surface area contributed by atoms with Crippen LogP contribution in [-0.2, 0) is 30.6 Å². The van der Waals surface area contributed by atoms with Crippen LogP contribution in [-0.4, -0.2) is 83.1 Å². The molecule has 19 heteroatoms. The second-order valence-corrected chi connectivity index (χ2v) is 19.9. The van der Waals surface area contributed by atoms with E-state index >= 15 is 0 Å². The predicted molar refractivity (Wildman–Crippen MR) is 223 cm³/mol. The topological polar surface area (TPSA) is 169 Å². The van der Waals surface area contributed by atoms with Crippen molar-refractivity contribution in [2.24, 2.45) is 5.92 Å². The first-order valence-corrected chi connectivity index (χ1v) is 22.8. The number of fused-ring (bicyclic) bond motifs is 3. The minimum absolute atomic E-state index is 0.0808. The summed E-state index contributed by atoms with van der Waals surface area (Å²) in [4.78, 5) is 54.0. The van der Waals surface area contributed by atoms with Gasteiger partial charge in [-0.25, -0.2) is 22.8 Å². The van der Waals surface area contributed by atoms with Crippen molar-refractivity contribution in [2.75, 3.05) is 19.0 Å². The first-order chi connectivity index (χ1) is 29.4. The number of ether oxygens (including phenoxy) is 2. The lowest BCUT2D eigenvalue weighted by Gasteiger charge is -2.30. The number of halogens is 4. The highest BCUT2D eigenvalue weighted by molar-refractivity contribution is 7.91. The molecule has 62 heavy (non-hydrogen) atoms. The number of pyridine rings is 1. The molecule has 2 aliphatic heterocycles. The third-order valence-corrected chi connectivity index (χ3v) is 15.3. The molecule has 1 saturated heterocycles. The van der Waals surface area contributed by atoms with E-state index in [2.05, 4.69) is 20.3 Å². The zero-order chi connectivity index (χ0) is 44.2. The Morgan fingerprint density at radius 2 is 1.87 bits per heavy atom. The lowest BCUT2D eigenvalue weighted by molar-refractivity contribution is -0.140. The number of aromatic nitrogens is 2. The van der Waals surface area contributed by atoms with E-state index in [1.807, 2.05) is 13.0 Å². The molecule has 4 aliphatic rings. The Hall–Kier alpha value is -5.30. The van der Waals surface area contributed by atoms with E-state index in [1.165, 1.54) is 16.2 Å². The number of hydrogen-bond donors (Lipinski definition) is 3. The summed E-state index contributed by atoms with van der Waals surface area (Å²) in [6.07, 6.45) is 2.86. The number of nitrogens with one attached hydrogen (secondary N) is 3. The fourth-order valence-electron chi connectivity index (χ4n) is 8.32. The maximum absolute atomic E-state index is 14.8. The van der Waals surface area contributed by atoms with E-state index in [1.54, 1.807) is 49.9 Å². The van der Waals surface area contributed by atoms with Gasteiger partial charge in [0.25, 0.3) is 5.91 Å². The lowest BCUT2D eigenvalue weighted by atomic mass is 10.0. The number of rotatable bonds is 9. The molecule has 2 saturated carbocycles. The van der Waals surface area contributed by atoms with Crippen LogP contribution in [0.3, 0.4) is 0 Å². The Labute approximate surface area is 359 Å². The largest absolute Gasteiger partial charge is 0.496 e. The van der Waals surface area contributed by atoms with Gasteiger partial charge in [-0.05, 0) is 82.7 Å². The summed E-state index contributed by atoms with van der Waals surface area (Å²) in [6, 6.07) is 4.78. The van der Waals surface area contributed by atoms with E-state index < -0.39 is 79.7 Å². The van der Waals surface area contributed by atoms with Crippen LogP contribution in [0.25, 0.3) is 21.6 Å². The summed E-state index contributed by atoms with van der Waals surface area (Å²) in [5.41, 5.74) is -1.33. The maximum atomic E-state index is 14.8. The highest BCUT2D eigenvalue weighted by Crippen LogP contribution is 2.48. The smallest absolute Gasteiger partial charge is 0.416 e. The van der Waals surface area contributed by atoms with Crippen LogP contribution in [0.1, 0.15) is 75.8 Å². The third kappa shape index (κ3) is 8.57. The first kappa shape index (κ1) is 43.4. The summed E-state index contributed by atoms with van der Waals surface area (Å²) >= 11 is 1.37. The number of thiazole rings is 1. The number of carbonyl (C=O) groups excluding carboxylic acids is 3. The van der Waals surface area contributed by atoms with Crippen LogP contribution in [0.2, 0.25) is 0 Å². The highest BCUT2D eigenvalue weighted by Gasteiger charge is 2.63. The van der Waals surface area contributed by atoms with Crippen molar-refractivity contribution in [1.82, 2.24) is 24.9 Å². The number of amides is 3. The molecule has 4 heterocycles. The van der Waals surface area contributed by atoms with Crippen LogP contribution >= 0.6 is 11.3 Å². The molecule has 0 unspecified atom stereocenters. The summed E-state index contributed by atoms with van der Waals surface area (Å²) in [6.45, 7) is 3.24. The van der Waals surface area contributed by atoms with Crippen molar-refractivity contribution in [1.29, 1.82) is 0 Å². The number of nitrogens with zero attached hydrogens (tertiary/aromatic N) is 3. The van der Waals surface area contributed by atoms with Gasteiger partial charge in [-0.2, -0.15) is 13.2 Å². The maximum Gasteiger partial charge on any atom is 0.416 e. The minimum atomic E-state index is -4.86. The van der Waals surface area contributed by atoms with Gasteiger partial charge in [0, 0.05) is 46.6 Å². The van der Waals surface area contributed by atoms with Gasteiger partial charge in [-0.1, -0.05) is 25.0 Å². The molecule has 3 amide bonds. The Morgan fingerprint density at radius 3 is 2.58 bits per heavy atom. The molecule has 3 N–H and O–H groups in total. The van der Waals surface area contributed by atoms with Crippen molar-refractivity contribution >= 4 is 55.7 Å². The van der Waals surface area contributed by atoms with Crippen molar-refractivity contribution in [2.45, 2.75) is 106 Å². The number of benzene rings is 2.